The molecule has 0 amide bonds. The van der Waals surface area contributed by atoms with Crippen molar-refractivity contribution in [2.75, 3.05) is 6.54 Å². The van der Waals surface area contributed by atoms with E-state index in [1.54, 1.807) is 6.07 Å². The van der Waals surface area contributed by atoms with E-state index in [9.17, 15) is 8.78 Å². The minimum atomic E-state index is -0.591. The fourth-order valence-corrected chi connectivity index (χ4v) is 2.12. The molecule has 1 atom stereocenters. The van der Waals surface area contributed by atoms with Crippen LogP contribution in [0, 0.1) is 11.6 Å². The Morgan fingerprint density at radius 3 is 2.43 bits per heavy atom. The van der Waals surface area contributed by atoms with Crippen molar-refractivity contribution in [1.82, 2.24) is 5.32 Å². The molecule has 2 rings (SSSR count). The van der Waals surface area contributed by atoms with Gasteiger partial charge in [0.25, 0.3) is 0 Å². The fraction of sp³-hybridized carbons (Fsp3) is 0.294. The zero-order valence-corrected chi connectivity index (χ0v) is 12.2. The van der Waals surface area contributed by atoms with Crippen LogP contribution in [-0.2, 0) is 6.61 Å². The quantitative estimate of drug-likeness (QED) is 0.860. The number of benzene rings is 2. The minimum absolute atomic E-state index is 0.0531. The van der Waals surface area contributed by atoms with E-state index >= 15 is 0 Å². The van der Waals surface area contributed by atoms with E-state index in [2.05, 4.69) is 12.2 Å². The van der Waals surface area contributed by atoms with Crippen LogP contribution in [0.3, 0.4) is 0 Å². The molecule has 0 bridgehead atoms. The van der Waals surface area contributed by atoms with Crippen LogP contribution in [-0.4, -0.2) is 6.54 Å². The van der Waals surface area contributed by atoms with E-state index in [0.29, 0.717) is 5.75 Å². The highest BCUT2D eigenvalue weighted by Crippen LogP contribution is 2.21. The summed E-state index contributed by atoms with van der Waals surface area (Å²) in [5, 5.41) is 3.31. The second kappa shape index (κ2) is 7.18. The maximum atomic E-state index is 13.5. The van der Waals surface area contributed by atoms with Crippen LogP contribution in [0.5, 0.6) is 5.75 Å². The van der Waals surface area contributed by atoms with Crippen molar-refractivity contribution >= 4 is 0 Å². The van der Waals surface area contributed by atoms with Crippen molar-refractivity contribution < 1.29 is 13.5 Å². The number of hydrogen-bond donors (Lipinski definition) is 1. The van der Waals surface area contributed by atoms with Gasteiger partial charge in [-0.15, -0.1) is 0 Å². The first-order valence-electron chi connectivity index (χ1n) is 7.01. The Kier molecular flexibility index (Phi) is 5.28. The van der Waals surface area contributed by atoms with E-state index in [1.165, 1.54) is 18.2 Å². The summed E-state index contributed by atoms with van der Waals surface area (Å²) in [7, 11) is 0. The van der Waals surface area contributed by atoms with Crippen molar-refractivity contribution in [2.45, 2.75) is 26.5 Å². The lowest BCUT2D eigenvalue weighted by atomic mass is 10.1. The van der Waals surface area contributed by atoms with Crippen LogP contribution in [0.15, 0.2) is 42.5 Å². The highest BCUT2D eigenvalue weighted by atomic mass is 19.1. The Bertz CT molecular complexity index is 581. The van der Waals surface area contributed by atoms with Crippen molar-refractivity contribution in [2.24, 2.45) is 0 Å². The predicted octanol–water partition coefficient (Wildman–Crippen LogP) is 4.21. The number of hydrogen-bond acceptors (Lipinski definition) is 2. The van der Waals surface area contributed by atoms with Crippen LogP contribution in [0.4, 0.5) is 8.78 Å². The predicted molar refractivity (Wildman–Crippen MR) is 79.2 cm³/mol. The minimum Gasteiger partial charge on any atom is -0.489 e. The zero-order valence-electron chi connectivity index (χ0n) is 12.2. The molecular weight excluding hydrogens is 272 g/mol. The first-order chi connectivity index (χ1) is 10.1. The Morgan fingerprint density at radius 2 is 1.76 bits per heavy atom. The molecule has 2 aromatic carbocycles. The average molecular weight is 291 g/mol. The standard InChI is InChI=1S/C17H19F2NO/c1-3-20-12(2)13-6-4-7-14(10-13)21-11-15-16(18)8-5-9-17(15)19/h4-10,12,20H,3,11H2,1-2H3. The SMILES string of the molecule is CCNC(C)c1cccc(OCc2c(F)cccc2F)c1. The van der Waals surface area contributed by atoms with Crippen LogP contribution >= 0.6 is 0 Å². The lowest BCUT2D eigenvalue weighted by Gasteiger charge is -2.14. The molecule has 0 aliphatic carbocycles. The average Bonchev–Trinajstić information content (AvgIpc) is 2.47. The molecule has 0 aromatic heterocycles. The van der Waals surface area contributed by atoms with Gasteiger partial charge in [-0.3, -0.25) is 0 Å². The first-order valence-corrected chi connectivity index (χ1v) is 7.01. The molecule has 0 heterocycles. The lowest BCUT2D eigenvalue weighted by Crippen LogP contribution is -2.17. The summed E-state index contributed by atoms with van der Waals surface area (Å²) < 4.78 is 32.6. The van der Waals surface area contributed by atoms with Gasteiger partial charge in [0.05, 0.1) is 5.56 Å². The van der Waals surface area contributed by atoms with E-state index in [4.69, 9.17) is 4.74 Å². The largest absolute Gasteiger partial charge is 0.489 e. The van der Waals surface area contributed by atoms with E-state index in [0.717, 1.165) is 12.1 Å². The highest BCUT2D eigenvalue weighted by Gasteiger charge is 2.10. The molecule has 2 aromatic rings. The fourth-order valence-electron chi connectivity index (χ4n) is 2.12. The molecule has 112 valence electrons. The summed E-state index contributed by atoms with van der Waals surface area (Å²) >= 11 is 0. The molecule has 0 radical (unpaired) electrons. The molecule has 0 aliphatic heterocycles. The molecule has 21 heavy (non-hydrogen) atoms. The molecule has 4 heteroatoms. The third-order valence-electron chi connectivity index (χ3n) is 3.31. The van der Waals surface area contributed by atoms with Gasteiger partial charge in [0.2, 0.25) is 0 Å². The van der Waals surface area contributed by atoms with Crippen molar-refractivity contribution in [3.63, 3.8) is 0 Å². The van der Waals surface area contributed by atoms with Gasteiger partial charge in [0.1, 0.15) is 24.0 Å². The molecule has 0 aliphatic rings. The number of ether oxygens (including phenoxy) is 1. The molecule has 0 fully saturated rings. The van der Waals surface area contributed by atoms with E-state index in [-0.39, 0.29) is 18.2 Å². The molecule has 0 saturated heterocycles. The monoisotopic (exact) mass is 291 g/mol. The molecular formula is C17H19F2NO. The summed E-state index contributed by atoms with van der Waals surface area (Å²) in [6.45, 7) is 4.83. The smallest absolute Gasteiger partial charge is 0.132 e. The van der Waals surface area contributed by atoms with Gasteiger partial charge in [-0.1, -0.05) is 25.1 Å². The second-order valence-electron chi connectivity index (χ2n) is 4.84. The zero-order chi connectivity index (χ0) is 15.2. The number of nitrogens with one attached hydrogen (secondary N) is 1. The Morgan fingerprint density at radius 1 is 1.10 bits per heavy atom. The summed E-state index contributed by atoms with van der Waals surface area (Å²) in [6.07, 6.45) is 0. The van der Waals surface area contributed by atoms with Crippen molar-refractivity contribution in [3.8, 4) is 5.75 Å². The van der Waals surface area contributed by atoms with Crippen LogP contribution in [0.1, 0.15) is 31.0 Å². The molecule has 1 N–H and O–H groups in total. The van der Waals surface area contributed by atoms with Crippen LogP contribution in [0.25, 0.3) is 0 Å². The normalized spacial score (nSPS) is 12.2. The van der Waals surface area contributed by atoms with Gasteiger partial charge in [0, 0.05) is 6.04 Å². The lowest BCUT2D eigenvalue weighted by molar-refractivity contribution is 0.292. The van der Waals surface area contributed by atoms with E-state index in [1.807, 2.05) is 25.1 Å². The molecule has 0 saturated carbocycles. The Hall–Kier alpha value is -1.94. The van der Waals surface area contributed by atoms with Crippen LogP contribution < -0.4 is 10.1 Å². The van der Waals surface area contributed by atoms with Gasteiger partial charge < -0.3 is 10.1 Å². The third kappa shape index (κ3) is 4.02. The second-order valence-corrected chi connectivity index (χ2v) is 4.84. The summed E-state index contributed by atoms with van der Waals surface area (Å²) in [5.41, 5.74) is 1.02. The van der Waals surface area contributed by atoms with E-state index < -0.39 is 11.6 Å². The summed E-state index contributed by atoms with van der Waals surface area (Å²) in [5.74, 6) is -0.584. The topological polar surface area (TPSA) is 21.3 Å². The van der Waals surface area contributed by atoms with Gasteiger partial charge >= 0.3 is 0 Å². The molecule has 0 spiro atoms. The number of halogens is 2. The van der Waals surface area contributed by atoms with Crippen molar-refractivity contribution in [1.29, 1.82) is 0 Å². The first kappa shape index (κ1) is 15.4. The maximum absolute atomic E-state index is 13.5. The molecule has 2 nitrogen and oxygen atoms in total. The van der Waals surface area contributed by atoms with Gasteiger partial charge in [-0.2, -0.15) is 0 Å². The summed E-state index contributed by atoms with van der Waals surface area (Å²) in [6, 6.07) is 11.5. The van der Waals surface area contributed by atoms with Gasteiger partial charge in [-0.25, -0.2) is 8.78 Å². The number of rotatable bonds is 6. The summed E-state index contributed by atoms with van der Waals surface area (Å²) in [4.78, 5) is 0. The maximum Gasteiger partial charge on any atom is 0.132 e. The Labute approximate surface area is 123 Å². The van der Waals surface area contributed by atoms with Crippen molar-refractivity contribution in [3.05, 3.63) is 65.2 Å². The Balaban J connectivity index is 2.08. The third-order valence-corrected chi connectivity index (χ3v) is 3.31. The van der Waals surface area contributed by atoms with Gasteiger partial charge in [0.15, 0.2) is 0 Å². The molecule has 1 unspecified atom stereocenters. The highest BCUT2D eigenvalue weighted by molar-refractivity contribution is 5.31. The van der Waals surface area contributed by atoms with Crippen LogP contribution in [0.2, 0.25) is 0 Å². The van der Waals surface area contributed by atoms with Gasteiger partial charge in [-0.05, 0) is 43.3 Å².